The molecule has 29 heavy (non-hydrogen) atoms. The van der Waals surface area contributed by atoms with Crippen LogP contribution < -0.4 is 27.2 Å². The number of aromatic nitrogens is 1. The Bertz CT molecular complexity index is 792. The Balaban J connectivity index is 1.81. The van der Waals surface area contributed by atoms with E-state index in [2.05, 4.69) is 20.8 Å². The van der Waals surface area contributed by atoms with Gasteiger partial charge < -0.3 is 21.3 Å². The Kier molecular flexibility index (Phi) is 5.87. The van der Waals surface area contributed by atoms with E-state index in [0.717, 1.165) is 25.7 Å². The molecule has 2 fully saturated rings. The van der Waals surface area contributed by atoms with Gasteiger partial charge >= 0.3 is 6.18 Å². The lowest BCUT2D eigenvalue weighted by Gasteiger charge is -2.31. The van der Waals surface area contributed by atoms with Crippen LogP contribution in [0.1, 0.15) is 61.0 Å². The van der Waals surface area contributed by atoms with Crippen LogP contribution in [0, 0.1) is 5.92 Å². The van der Waals surface area contributed by atoms with Crippen molar-refractivity contribution in [1.82, 2.24) is 15.7 Å². The molecule has 2 aliphatic carbocycles. The monoisotopic (exact) mass is 414 g/mol. The molecule has 2 aliphatic rings. The Hall–Kier alpha value is -2.56. The molecule has 2 saturated carbocycles. The van der Waals surface area contributed by atoms with Gasteiger partial charge in [0.2, 0.25) is 0 Å². The average molecular weight is 414 g/mol. The van der Waals surface area contributed by atoms with Gasteiger partial charge in [-0.15, -0.1) is 0 Å². The van der Waals surface area contributed by atoms with E-state index in [1.165, 1.54) is 12.3 Å². The number of nitrogens with two attached hydrogens (primary N) is 2. The number of hydrogen-bond acceptors (Lipinski definition) is 6. The summed E-state index contributed by atoms with van der Waals surface area (Å²) in [6.45, 7) is 0.298. The molecule has 1 atom stereocenters. The van der Waals surface area contributed by atoms with Crippen molar-refractivity contribution in [2.45, 2.75) is 56.7 Å². The standard InChI is InChI=1S/C18H25F3N6O2/c1-17(7-10-2-3-10,16(26-22)27-23)25-15(28)13-6-14(29-9-18(19,20)21)12(8-24-13)11-4-5-11/h6,8,10-11H,2-5,7,9,22-23H2,1H3,(H,25,28)(H,26,27). The fraction of sp³-hybridized carbons (Fsp3) is 0.611. The first-order valence-corrected chi connectivity index (χ1v) is 9.42. The zero-order chi connectivity index (χ0) is 21.2. The maximum atomic E-state index is 12.8. The number of hydrazine groups is 1. The summed E-state index contributed by atoms with van der Waals surface area (Å²) in [5, 5.41) is 6.44. The normalized spacial score (nSPS) is 19.4. The highest BCUT2D eigenvalue weighted by Gasteiger charge is 2.39. The van der Waals surface area contributed by atoms with Gasteiger partial charge in [0, 0.05) is 17.8 Å². The molecular formula is C18H25F3N6O2. The topological polar surface area (TPSA) is 128 Å². The van der Waals surface area contributed by atoms with Crippen molar-refractivity contribution < 1.29 is 22.7 Å². The number of nitrogens with one attached hydrogen (secondary N) is 2. The Morgan fingerprint density at radius 2 is 2.03 bits per heavy atom. The fourth-order valence-corrected chi connectivity index (χ4v) is 3.32. The number of amides is 1. The maximum absolute atomic E-state index is 12.8. The van der Waals surface area contributed by atoms with Gasteiger partial charge in [0.05, 0.1) is 5.54 Å². The molecule has 6 N–H and O–H groups in total. The average Bonchev–Trinajstić information content (AvgIpc) is 3.54. The first-order chi connectivity index (χ1) is 13.6. The Morgan fingerprint density at radius 1 is 1.34 bits per heavy atom. The summed E-state index contributed by atoms with van der Waals surface area (Å²) in [6.07, 6.45) is 1.26. The summed E-state index contributed by atoms with van der Waals surface area (Å²) in [5.74, 6) is 11.0. The minimum Gasteiger partial charge on any atom is -0.484 e. The van der Waals surface area contributed by atoms with Crippen LogP contribution in [0.5, 0.6) is 5.75 Å². The number of hydrogen-bond donors (Lipinski definition) is 4. The highest BCUT2D eigenvalue weighted by atomic mass is 19.4. The molecule has 0 spiro atoms. The summed E-state index contributed by atoms with van der Waals surface area (Å²) in [7, 11) is 0. The molecule has 0 aromatic carbocycles. The number of carbonyl (C=O) groups excluding carboxylic acids is 1. The van der Waals surface area contributed by atoms with Gasteiger partial charge in [-0.1, -0.05) is 12.8 Å². The van der Waals surface area contributed by atoms with Crippen molar-refractivity contribution in [3.8, 4) is 5.75 Å². The van der Waals surface area contributed by atoms with E-state index in [9.17, 15) is 18.0 Å². The summed E-state index contributed by atoms with van der Waals surface area (Å²) < 4.78 is 42.8. The van der Waals surface area contributed by atoms with Crippen LogP contribution >= 0.6 is 0 Å². The Labute approximate surface area is 166 Å². The lowest BCUT2D eigenvalue weighted by Crippen LogP contribution is -2.59. The van der Waals surface area contributed by atoms with Crippen molar-refractivity contribution in [2.24, 2.45) is 22.7 Å². The minimum absolute atomic E-state index is 0.0264. The van der Waals surface area contributed by atoms with Gasteiger partial charge in [-0.3, -0.25) is 9.78 Å². The largest absolute Gasteiger partial charge is 0.484 e. The molecule has 1 aromatic rings. The van der Waals surface area contributed by atoms with E-state index < -0.39 is 24.2 Å². The second kappa shape index (κ2) is 8.05. The van der Waals surface area contributed by atoms with E-state index in [4.69, 9.17) is 16.4 Å². The summed E-state index contributed by atoms with van der Waals surface area (Å²) in [5.41, 5.74) is 1.97. The van der Waals surface area contributed by atoms with E-state index in [1.54, 1.807) is 6.92 Å². The van der Waals surface area contributed by atoms with Crippen molar-refractivity contribution in [1.29, 1.82) is 0 Å². The van der Waals surface area contributed by atoms with Crippen molar-refractivity contribution >= 4 is 11.7 Å². The molecule has 0 bridgehead atoms. The van der Waals surface area contributed by atoms with E-state index in [1.807, 2.05) is 0 Å². The lowest BCUT2D eigenvalue weighted by atomic mass is 9.92. The number of hydrazone groups is 1. The van der Waals surface area contributed by atoms with E-state index in [0.29, 0.717) is 17.9 Å². The third kappa shape index (κ3) is 5.49. The highest BCUT2D eigenvalue weighted by molar-refractivity contribution is 5.99. The van der Waals surface area contributed by atoms with Crippen LogP contribution in [0.3, 0.4) is 0 Å². The number of ether oxygens (including phenoxy) is 1. The van der Waals surface area contributed by atoms with Crippen molar-refractivity contribution in [3.05, 3.63) is 23.5 Å². The van der Waals surface area contributed by atoms with Gasteiger partial charge in [-0.25, -0.2) is 5.84 Å². The van der Waals surface area contributed by atoms with Crippen LogP contribution in [0.15, 0.2) is 17.4 Å². The molecule has 0 radical (unpaired) electrons. The summed E-state index contributed by atoms with van der Waals surface area (Å²) in [4.78, 5) is 17.0. The van der Waals surface area contributed by atoms with E-state index >= 15 is 0 Å². The second-order valence-electron chi connectivity index (χ2n) is 7.84. The van der Waals surface area contributed by atoms with Crippen LogP contribution in [-0.2, 0) is 0 Å². The number of pyridine rings is 1. The summed E-state index contributed by atoms with van der Waals surface area (Å²) in [6, 6.07) is 1.25. The zero-order valence-corrected chi connectivity index (χ0v) is 16.1. The van der Waals surface area contributed by atoms with Crippen molar-refractivity contribution in [3.63, 3.8) is 0 Å². The first kappa shape index (κ1) is 21.2. The smallest absolute Gasteiger partial charge is 0.422 e. The number of halogens is 3. The summed E-state index contributed by atoms with van der Waals surface area (Å²) >= 11 is 0. The van der Waals surface area contributed by atoms with Gasteiger partial charge in [0.25, 0.3) is 5.91 Å². The third-order valence-electron chi connectivity index (χ3n) is 5.11. The number of nitrogens with zero attached hydrogens (tertiary/aromatic N) is 2. The number of rotatable bonds is 8. The molecule has 1 amide bonds. The molecule has 1 aromatic heterocycles. The van der Waals surface area contributed by atoms with Crippen LogP contribution in [-0.4, -0.2) is 35.0 Å². The number of alkyl halides is 3. The zero-order valence-electron chi connectivity index (χ0n) is 16.1. The maximum Gasteiger partial charge on any atom is 0.422 e. The van der Waals surface area contributed by atoms with Gasteiger partial charge in [0.15, 0.2) is 12.4 Å². The SMILES string of the molecule is CC(CC1CC1)(NC(=O)c1cc(OCC(F)(F)F)c(C2CC2)cn1)/C(=N/N)NN. The molecule has 11 heteroatoms. The predicted molar refractivity (Wildman–Crippen MR) is 99.9 cm³/mol. The molecule has 8 nitrogen and oxygen atoms in total. The molecule has 1 unspecified atom stereocenters. The third-order valence-corrected chi connectivity index (χ3v) is 5.11. The predicted octanol–water partition coefficient (Wildman–Crippen LogP) is 1.92. The van der Waals surface area contributed by atoms with Crippen LogP contribution in [0.4, 0.5) is 13.2 Å². The minimum atomic E-state index is -4.48. The van der Waals surface area contributed by atoms with Crippen LogP contribution in [0.25, 0.3) is 0 Å². The Morgan fingerprint density at radius 3 is 2.55 bits per heavy atom. The fourth-order valence-electron chi connectivity index (χ4n) is 3.32. The second-order valence-corrected chi connectivity index (χ2v) is 7.84. The molecule has 1 heterocycles. The molecule has 3 rings (SSSR count). The number of carbonyl (C=O) groups is 1. The van der Waals surface area contributed by atoms with Crippen LogP contribution in [0.2, 0.25) is 0 Å². The van der Waals surface area contributed by atoms with Crippen molar-refractivity contribution in [2.75, 3.05) is 6.61 Å². The van der Waals surface area contributed by atoms with E-state index in [-0.39, 0.29) is 23.2 Å². The van der Waals surface area contributed by atoms with Gasteiger partial charge in [-0.05, 0) is 38.0 Å². The lowest BCUT2D eigenvalue weighted by molar-refractivity contribution is -0.153. The van der Waals surface area contributed by atoms with Gasteiger partial charge in [0.1, 0.15) is 11.4 Å². The molecule has 0 aliphatic heterocycles. The van der Waals surface area contributed by atoms with Gasteiger partial charge in [-0.2, -0.15) is 18.3 Å². The number of amidine groups is 1. The molecule has 0 saturated heterocycles. The first-order valence-electron chi connectivity index (χ1n) is 9.42. The molecule has 160 valence electrons. The highest BCUT2D eigenvalue weighted by Crippen LogP contribution is 2.44. The quantitative estimate of drug-likeness (QED) is 0.223. The molecular weight excluding hydrogens is 389 g/mol.